The first kappa shape index (κ1) is 13.4. The maximum Gasteiger partial charge on any atom is 0.0860 e. The molecule has 5 heteroatoms. The van der Waals surface area contributed by atoms with Crippen LogP contribution in [-0.4, -0.2) is 32.8 Å². The predicted molar refractivity (Wildman–Crippen MR) is 77.2 cm³/mol. The Morgan fingerprint density at radius 3 is 2.53 bits per heavy atom. The van der Waals surface area contributed by atoms with E-state index >= 15 is 0 Å². The molecule has 0 spiro atoms. The number of aromatic nitrogens is 2. The van der Waals surface area contributed by atoms with Crippen LogP contribution in [0.15, 0.2) is 0 Å². The molecule has 0 radical (unpaired) electrons. The highest BCUT2D eigenvalue weighted by molar-refractivity contribution is 6.31. The summed E-state index contributed by atoms with van der Waals surface area (Å²) in [6.07, 6.45) is 4.84. The number of rotatable bonds is 3. The van der Waals surface area contributed by atoms with Crippen LogP contribution in [0.5, 0.6) is 0 Å². The Kier molecular flexibility index (Phi) is 3.58. The normalized spacial score (nSPS) is 31.1. The zero-order chi connectivity index (χ0) is 13.6. The highest BCUT2D eigenvalue weighted by atomic mass is 35.5. The van der Waals surface area contributed by atoms with E-state index in [4.69, 9.17) is 17.3 Å². The second kappa shape index (κ2) is 5.08. The minimum atomic E-state index is 0.391. The topological polar surface area (TPSA) is 47.1 Å². The smallest absolute Gasteiger partial charge is 0.0860 e. The summed E-state index contributed by atoms with van der Waals surface area (Å²) in [5.74, 6) is 0. The Balaban J connectivity index is 1.82. The van der Waals surface area contributed by atoms with Crippen LogP contribution in [0.25, 0.3) is 0 Å². The van der Waals surface area contributed by atoms with E-state index in [9.17, 15) is 0 Å². The lowest BCUT2D eigenvalue weighted by Gasteiger charge is -2.37. The predicted octanol–water partition coefficient (Wildman–Crippen LogP) is 2.32. The van der Waals surface area contributed by atoms with Gasteiger partial charge in [-0.1, -0.05) is 11.6 Å². The molecule has 0 aromatic carbocycles. The molecule has 2 saturated heterocycles. The van der Waals surface area contributed by atoms with Gasteiger partial charge in [-0.15, -0.1) is 0 Å². The fourth-order valence-electron chi connectivity index (χ4n) is 3.77. The number of piperidine rings is 1. The first-order chi connectivity index (χ1) is 9.10. The van der Waals surface area contributed by atoms with Gasteiger partial charge in [-0.2, -0.15) is 5.10 Å². The van der Waals surface area contributed by atoms with Crippen molar-refractivity contribution >= 4 is 11.6 Å². The first-order valence-electron chi connectivity index (χ1n) is 7.33. The minimum absolute atomic E-state index is 0.391. The van der Waals surface area contributed by atoms with Gasteiger partial charge in [0, 0.05) is 31.2 Å². The van der Waals surface area contributed by atoms with Crippen molar-refractivity contribution < 1.29 is 0 Å². The molecule has 19 heavy (non-hydrogen) atoms. The summed E-state index contributed by atoms with van der Waals surface area (Å²) >= 11 is 6.42. The molecule has 2 aliphatic rings. The molecule has 1 aromatic heterocycles. The van der Waals surface area contributed by atoms with Crippen molar-refractivity contribution in [1.82, 2.24) is 14.7 Å². The van der Waals surface area contributed by atoms with Crippen LogP contribution in [0.4, 0.5) is 0 Å². The molecule has 4 nitrogen and oxygen atoms in total. The van der Waals surface area contributed by atoms with Gasteiger partial charge < -0.3 is 5.73 Å². The molecule has 2 N–H and O–H groups in total. The lowest BCUT2D eigenvalue weighted by Crippen LogP contribution is -2.47. The fraction of sp³-hybridized carbons (Fsp3) is 0.786. The van der Waals surface area contributed by atoms with Crippen molar-refractivity contribution in [2.45, 2.75) is 70.7 Å². The monoisotopic (exact) mass is 282 g/mol. The Bertz CT molecular complexity index is 456. The Morgan fingerprint density at radius 2 is 1.95 bits per heavy atom. The van der Waals surface area contributed by atoms with Gasteiger partial charge in [0.2, 0.25) is 0 Å². The second-order valence-corrected chi connectivity index (χ2v) is 6.33. The molecule has 2 aliphatic heterocycles. The highest BCUT2D eigenvalue weighted by Crippen LogP contribution is 2.37. The van der Waals surface area contributed by atoms with Gasteiger partial charge >= 0.3 is 0 Å². The first-order valence-corrected chi connectivity index (χ1v) is 7.71. The number of nitrogens with two attached hydrogens (primary N) is 1. The molecule has 0 aliphatic carbocycles. The Morgan fingerprint density at radius 1 is 1.32 bits per heavy atom. The zero-order valence-electron chi connectivity index (χ0n) is 11.8. The largest absolute Gasteiger partial charge is 0.328 e. The summed E-state index contributed by atoms with van der Waals surface area (Å²) in [4.78, 5) is 2.61. The zero-order valence-corrected chi connectivity index (χ0v) is 12.5. The van der Waals surface area contributed by atoms with Crippen LogP contribution in [-0.2, 0) is 13.1 Å². The average molecular weight is 283 g/mol. The molecular weight excluding hydrogens is 260 g/mol. The summed E-state index contributed by atoms with van der Waals surface area (Å²) in [6, 6.07) is 1.68. The number of hydrogen-bond donors (Lipinski definition) is 1. The van der Waals surface area contributed by atoms with Crippen molar-refractivity contribution in [2.75, 3.05) is 0 Å². The van der Waals surface area contributed by atoms with Gasteiger partial charge in [0.25, 0.3) is 0 Å². The molecule has 106 valence electrons. The maximum absolute atomic E-state index is 6.42. The van der Waals surface area contributed by atoms with Gasteiger partial charge in [0.1, 0.15) is 0 Å². The van der Waals surface area contributed by atoms with Crippen LogP contribution >= 0.6 is 11.6 Å². The minimum Gasteiger partial charge on any atom is -0.328 e. The fourth-order valence-corrected chi connectivity index (χ4v) is 3.96. The van der Waals surface area contributed by atoms with Crippen molar-refractivity contribution in [1.29, 1.82) is 0 Å². The van der Waals surface area contributed by atoms with Gasteiger partial charge in [-0.05, 0) is 39.5 Å². The Labute approximate surface area is 119 Å². The number of fused-ring (bicyclic) bond motifs is 2. The van der Waals surface area contributed by atoms with E-state index in [1.165, 1.54) is 18.5 Å². The molecule has 0 amide bonds. The molecule has 0 saturated carbocycles. The number of hydrogen-bond acceptors (Lipinski definition) is 3. The quantitative estimate of drug-likeness (QED) is 0.925. The maximum atomic E-state index is 6.42. The molecular formula is C14H23ClN4. The van der Waals surface area contributed by atoms with Crippen LogP contribution in [0, 0.1) is 6.92 Å². The van der Waals surface area contributed by atoms with Crippen LogP contribution < -0.4 is 5.73 Å². The third-order valence-corrected chi connectivity index (χ3v) is 5.20. The summed E-state index contributed by atoms with van der Waals surface area (Å²) in [5.41, 5.74) is 8.25. The molecule has 3 rings (SSSR count). The summed E-state index contributed by atoms with van der Waals surface area (Å²) in [6.45, 7) is 5.91. The van der Waals surface area contributed by atoms with Crippen LogP contribution in [0.3, 0.4) is 0 Å². The van der Waals surface area contributed by atoms with Gasteiger partial charge in [0.05, 0.1) is 16.4 Å². The van der Waals surface area contributed by atoms with E-state index in [1.807, 2.05) is 11.6 Å². The lowest BCUT2D eigenvalue weighted by molar-refractivity contribution is 0.116. The number of halogens is 1. The molecule has 2 atom stereocenters. The van der Waals surface area contributed by atoms with E-state index in [2.05, 4.69) is 16.9 Å². The van der Waals surface area contributed by atoms with E-state index in [0.717, 1.165) is 36.6 Å². The summed E-state index contributed by atoms with van der Waals surface area (Å²) in [5, 5.41) is 5.36. The standard InChI is InChI=1S/C14H23ClN4/c1-3-19-13(14(15)9(2)17-19)8-18-11-4-5-12(18)7-10(16)6-11/h10-12H,3-8,16H2,1-2H3. The average Bonchev–Trinajstić information content (AvgIpc) is 2.78. The second-order valence-electron chi connectivity index (χ2n) is 5.95. The van der Waals surface area contributed by atoms with Gasteiger partial charge in [-0.25, -0.2) is 0 Å². The van der Waals surface area contributed by atoms with E-state index in [0.29, 0.717) is 18.1 Å². The molecule has 3 heterocycles. The van der Waals surface area contributed by atoms with E-state index in [1.54, 1.807) is 0 Å². The van der Waals surface area contributed by atoms with Crippen molar-refractivity contribution in [3.05, 3.63) is 16.4 Å². The van der Waals surface area contributed by atoms with E-state index < -0.39 is 0 Å². The third kappa shape index (κ3) is 2.30. The molecule has 2 bridgehead atoms. The van der Waals surface area contributed by atoms with Gasteiger partial charge in [-0.3, -0.25) is 9.58 Å². The molecule has 1 aromatic rings. The van der Waals surface area contributed by atoms with Crippen molar-refractivity contribution in [3.63, 3.8) is 0 Å². The summed E-state index contributed by atoms with van der Waals surface area (Å²) in [7, 11) is 0. The number of nitrogens with zero attached hydrogens (tertiary/aromatic N) is 3. The molecule has 2 unspecified atom stereocenters. The van der Waals surface area contributed by atoms with Crippen LogP contribution in [0.2, 0.25) is 5.02 Å². The third-order valence-electron chi connectivity index (χ3n) is 4.71. The lowest BCUT2D eigenvalue weighted by atomic mass is 9.98. The van der Waals surface area contributed by atoms with E-state index in [-0.39, 0.29) is 0 Å². The Hall–Kier alpha value is -0.580. The summed E-state index contributed by atoms with van der Waals surface area (Å²) < 4.78 is 2.05. The number of aryl methyl sites for hydroxylation is 2. The van der Waals surface area contributed by atoms with Crippen molar-refractivity contribution in [2.24, 2.45) is 5.73 Å². The highest BCUT2D eigenvalue weighted by Gasteiger charge is 2.40. The van der Waals surface area contributed by atoms with Crippen molar-refractivity contribution in [3.8, 4) is 0 Å². The van der Waals surface area contributed by atoms with Crippen LogP contribution in [0.1, 0.15) is 44.0 Å². The SMILES string of the molecule is CCn1nc(C)c(Cl)c1CN1C2CCC1CC(N)C2. The molecule has 2 fully saturated rings. The van der Waals surface area contributed by atoms with Gasteiger partial charge in [0.15, 0.2) is 0 Å².